The van der Waals surface area contributed by atoms with E-state index in [9.17, 15) is 19.6 Å². The smallest absolute Gasteiger partial charge is 0.311 e. The monoisotopic (exact) mass is 277 g/mol. The molecule has 0 bridgehead atoms. The molecule has 0 spiro atoms. The molecule has 0 saturated heterocycles. The molecule has 0 aliphatic rings. The highest BCUT2D eigenvalue weighted by Crippen LogP contribution is 2.36. The second kappa shape index (κ2) is 5.66. The SMILES string of the molecule is CC(O)c1cccc(F)c1Oc1ccccc1[N+](=O)[O-]. The van der Waals surface area contributed by atoms with Crippen molar-refractivity contribution in [1.82, 2.24) is 0 Å². The van der Waals surface area contributed by atoms with Gasteiger partial charge in [0.15, 0.2) is 11.6 Å². The Balaban J connectivity index is 2.48. The summed E-state index contributed by atoms with van der Waals surface area (Å²) in [5.74, 6) is -0.983. The maximum Gasteiger partial charge on any atom is 0.311 e. The van der Waals surface area contributed by atoms with Crippen molar-refractivity contribution < 1.29 is 19.2 Å². The lowest BCUT2D eigenvalue weighted by Gasteiger charge is -2.13. The fourth-order valence-corrected chi connectivity index (χ4v) is 1.77. The first kappa shape index (κ1) is 14.0. The number of nitro benzene ring substituents is 1. The van der Waals surface area contributed by atoms with Crippen molar-refractivity contribution in [3.05, 3.63) is 64.0 Å². The number of halogens is 1. The van der Waals surface area contributed by atoms with Crippen molar-refractivity contribution in [2.45, 2.75) is 13.0 Å². The average molecular weight is 277 g/mol. The third kappa shape index (κ3) is 2.75. The molecule has 2 aromatic carbocycles. The van der Waals surface area contributed by atoms with Crippen LogP contribution >= 0.6 is 0 Å². The highest BCUT2D eigenvalue weighted by molar-refractivity contribution is 5.49. The maximum atomic E-state index is 13.8. The number of para-hydroxylation sites is 3. The molecule has 5 nitrogen and oxygen atoms in total. The lowest BCUT2D eigenvalue weighted by atomic mass is 10.1. The summed E-state index contributed by atoms with van der Waals surface area (Å²) in [4.78, 5) is 10.3. The Morgan fingerprint density at radius 1 is 1.25 bits per heavy atom. The van der Waals surface area contributed by atoms with Crippen LogP contribution in [0.2, 0.25) is 0 Å². The number of aliphatic hydroxyl groups is 1. The predicted molar refractivity (Wildman–Crippen MR) is 70.2 cm³/mol. The number of rotatable bonds is 4. The standard InChI is InChI=1S/C14H12FNO4/c1-9(17)10-5-4-6-11(15)14(10)20-13-8-3-2-7-12(13)16(18)19/h2-9,17H,1H3. The van der Waals surface area contributed by atoms with E-state index in [1.807, 2.05) is 0 Å². The van der Waals surface area contributed by atoms with Crippen LogP contribution in [0.25, 0.3) is 0 Å². The van der Waals surface area contributed by atoms with Gasteiger partial charge in [-0.1, -0.05) is 24.3 Å². The van der Waals surface area contributed by atoms with Gasteiger partial charge in [0.2, 0.25) is 5.75 Å². The van der Waals surface area contributed by atoms with Gasteiger partial charge >= 0.3 is 5.69 Å². The third-order valence-electron chi connectivity index (χ3n) is 2.72. The number of aliphatic hydroxyl groups excluding tert-OH is 1. The minimum atomic E-state index is -0.955. The molecule has 0 aliphatic carbocycles. The summed E-state index contributed by atoms with van der Waals surface area (Å²) in [5, 5.41) is 20.5. The normalized spacial score (nSPS) is 11.9. The van der Waals surface area contributed by atoms with Gasteiger partial charge in [-0.05, 0) is 19.1 Å². The van der Waals surface area contributed by atoms with E-state index in [-0.39, 0.29) is 22.7 Å². The topological polar surface area (TPSA) is 72.6 Å². The quantitative estimate of drug-likeness (QED) is 0.684. The van der Waals surface area contributed by atoms with Gasteiger partial charge in [-0.2, -0.15) is 0 Å². The zero-order valence-electron chi connectivity index (χ0n) is 10.6. The van der Waals surface area contributed by atoms with Crippen molar-refractivity contribution in [2.24, 2.45) is 0 Å². The molecular weight excluding hydrogens is 265 g/mol. The van der Waals surface area contributed by atoms with Gasteiger partial charge < -0.3 is 9.84 Å². The predicted octanol–water partition coefficient (Wildman–Crippen LogP) is 3.58. The fourth-order valence-electron chi connectivity index (χ4n) is 1.77. The first-order valence-electron chi connectivity index (χ1n) is 5.88. The molecule has 1 atom stereocenters. The van der Waals surface area contributed by atoms with Crippen molar-refractivity contribution in [3.63, 3.8) is 0 Å². The van der Waals surface area contributed by atoms with Gasteiger partial charge in [0.05, 0.1) is 11.0 Å². The van der Waals surface area contributed by atoms with Crippen molar-refractivity contribution >= 4 is 5.69 Å². The highest BCUT2D eigenvalue weighted by Gasteiger charge is 2.19. The minimum absolute atomic E-state index is 0.0792. The molecule has 0 aromatic heterocycles. The second-order valence-corrected chi connectivity index (χ2v) is 4.16. The number of hydrogen-bond acceptors (Lipinski definition) is 4. The molecule has 0 fully saturated rings. The van der Waals surface area contributed by atoms with Gasteiger partial charge in [0.25, 0.3) is 0 Å². The van der Waals surface area contributed by atoms with Crippen molar-refractivity contribution in [1.29, 1.82) is 0 Å². The third-order valence-corrected chi connectivity index (χ3v) is 2.72. The van der Waals surface area contributed by atoms with Crippen LogP contribution in [-0.4, -0.2) is 10.0 Å². The summed E-state index contributed by atoms with van der Waals surface area (Å²) in [6, 6.07) is 9.76. The Labute approximate surface area is 114 Å². The van der Waals surface area contributed by atoms with E-state index in [1.165, 1.54) is 37.3 Å². The Morgan fingerprint density at radius 3 is 2.60 bits per heavy atom. The summed E-state index contributed by atoms with van der Waals surface area (Å²) in [6.07, 6.45) is -0.955. The Kier molecular flexibility index (Phi) is 3.95. The number of nitrogens with zero attached hydrogens (tertiary/aromatic N) is 1. The van der Waals surface area contributed by atoms with Crippen molar-refractivity contribution in [2.75, 3.05) is 0 Å². The molecule has 1 N–H and O–H groups in total. The first-order valence-corrected chi connectivity index (χ1v) is 5.88. The van der Waals surface area contributed by atoms with Crippen LogP contribution in [-0.2, 0) is 0 Å². The molecule has 2 rings (SSSR count). The highest BCUT2D eigenvalue weighted by atomic mass is 19.1. The molecule has 0 radical (unpaired) electrons. The second-order valence-electron chi connectivity index (χ2n) is 4.16. The van der Waals surface area contributed by atoms with E-state index in [2.05, 4.69) is 0 Å². The van der Waals surface area contributed by atoms with E-state index in [1.54, 1.807) is 6.07 Å². The largest absolute Gasteiger partial charge is 0.447 e. The fraction of sp³-hybridized carbons (Fsp3) is 0.143. The van der Waals surface area contributed by atoms with Crippen LogP contribution < -0.4 is 4.74 Å². The van der Waals surface area contributed by atoms with E-state index in [0.29, 0.717) is 0 Å². The summed E-state index contributed by atoms with van der Waals surface area (Å²) in [7, 11) is 0. The van der Waals surface area contributed by atoms with Crippen molar-refractivity contribution in [3.8, 4) is 11.5 Å². The van der Waals surface area contributed by atoms with Gasteiger partial charge in [-0.25, -0.2) is 4.39 Å². The molecule has 0 saturated carbocycles. The van der Waals surface area contributed by atoms with E-state index in [0.717, 1.165) is 6.07 Å². The lowest BCUT2D eigenvalue weighted by molar-refractivity contribution is -0.385. The van der Waals surface area contributed by atoms with Gasteiger partial charge in [0, 0.05) is 11.6 Å². The summed E-state index contributed by atoms with van der Waals surface area (Å²) in [6.45, 7) is 1.46. The molecule has 0 amide bonds. The number of ether oxygens (including phenoxy) is 1. The minimum Gasteiger partial charge on any atom is -0.447 e. The van der Waals surface area contributed by atoms with Crippen LogP contribution in [0.3, 0.4) is 0 Å². The Morgan fingerprint density at radius 2 is 1.95 bits per heavy atom. The summed E-state index contributed by atoms with van der Waals surface area (Å²) in [5.41, 5.74) is -0.0459. The number of hydrogen-bond donors (Lipinski definition) is 1. The zero-order valence-corrected chi connectivity index (χ0v) is 10.6. The van der Waals surface area contributed by atoms with E-state index >= 15 is 0 Å². The van der Waals surface area contributed by atoms with Crippen LogP contribution in [0.15, 0.2) is 42.5 Å². The van der Waals surface area contributed by atoms with Crippen LogP contribution in [0, 0.1) is 15.9 Å². The first-order chi connectivity index (χ1) is 9.50. The van der Waals surface area contributed by atoms with E-state index in [4.69, 9.17) is 4.74 Å². The Bertz CT molecular complexity index is 643. The molecule has 6 heteroatoms. The molecular formula is C14H12FNO4. The number of nitro groups is 1. The molecule has 104 valence electrons. The zero-order chi connectivity index (χ0) is 14.7. The molecule has 20 heavy (non-hydrogen) atoms. The summed E-state index contributed by atoms with van der Waals surface area (Å²) >= 11 is 0. The molecule has 0 heterocycles. The maximum absolute atomic E-state index is 13.8. The molecule has 2 aromatic rings. The lowest BCUT2D eigenvalue weighted by Crippen LogP contribution is -2.00. The summed E-state index contributed by atoms with van der Waals surface area (Å²) < 4.78 is 19.1. The molecule has 0 aliphatic heterocycles. The van der Waals surface area contributed by atoms with Crippen LogP contribution in [0.1, 0.15) is 18.6 Å². The molecule has 1 unspecified atom stereocenters. The van der Waals surface area contributed by atoms with Gasteiger partial charge in [0.1, 0.15) is 0 Å². The van der Waals surface area contributed by atoms with Crippen LogP contribution in [0.4, 0.5) is 10.1 Å². The average Bonchev–Trinajstić information content (AvgIpc) is 2.41. The van der Waals surface area contributed by atoms with Crippen LogP contribution in [0.5, 0.6) is 11.5 Å². The number of benzene rings is 2. The van der Waals surface area contributed by atoms with Gasteiger partial charge in [-0.3, -0.25) is 10.1 Å². The van der Waals surface area contributed by atoms with Gasteiger partial charge in [-0.15, -0.1) is 0 Å². The Hall–Kier alpha value is -2.47. The van der Waals surface area contributed by atoms with E-state index < -0.39 is 16.8 Å².